The van der Waals surface area contributed by atoms with Crippen LogP contribution in [0.5, 0.6) is 0 Å². The van der Waals surface area contributed by atoms with E-state index in [0.29, 0.717) is 42.7 Å². The number of nitrogens with two attached hydrogens (primary N) is 1. The van der Waals surface area contributed by atoms with Crippen LogP contribution in [0.25, 0.3) is 0 Å². The summed E-state index contributed by atoms with van der Waals surface area (Å²) >= 11 is 5.88. The van der Waals surface area contributed by atoms with Crippen LogP contribution in [0.1, 0.15) is 5.69 Å². The molecule has 0 amide bonds. The number of hydrogen-bond donors (Lipinski definition) is 1. The van der Waals surface area contributed by atoms with Crippen LogP contribution in [-0.2, 0) is 4.84 Å². The lowest BCUT2D eigenvalue weighted by atomic mass is 10.2. The Balaban J connectivity index is 1.78. The molecule has 138 valence electrons. The Morgan fingerprint density at radius 3 is 2.69 bits per heavy atom. The lowest BCUT2D eigenvalue weighted by Crippen LogP contribution is -2.49. The van der Waals surface area contributed by atoms with Crippen LogP contribution in [0.2, 0.25) is 5.02 Å². The number of nitrogen functional groups attached to an aromatic ring is 1. The molecule has 12 heteroatoms. The molecule has 1 aliphatic rings. The summed E-state index contributed by atoms with van der Waals surface area (Å²) in [7, 11) is 1.41. The Bertz CT molecular complexity index is 832. The molecule has 0 aliphatic carbocycles. The Kier molecular flexibility index (Phi) is 5.07. The topological polar surface area (TPSA) is 136 Å². The molecule has 1 aromatic carbocycles. The van der Waals surface area contributed by atoms with Crippen LogP contribution in [-0.4, -0.2) is 59.3 Å². The highest BCUT2D eigenvalue weighted by molar-refractivity contribution is 6.30. The largest absolute Gasteiger partial charge is 0.397 e. The predicted octanol–water partition coefficient (Wildman–Crippen LogP) is 1.34. The number of nitro benzene ring substituents is 1. The van der Waals surface area contributed by atoms with Crippen LogP contribution in [0.15, 0.2) is 28.0 Å². The van der Waals surface area contributed by atoms with Crippen LogP contribution in [0, 0.1) is 10.1 Å². The van der Waals surface area contributed by atoms with E-state index in [0.717, 1.165) is 0 Å². The zero-order valence-corrected chi connectivity index (χ0v) is 14.6. The molecule has 2 heterocycles. The number of rotatable bonds is 4. The van der Waals surface area contributed by atoms with Gasteiger partial charge in [-0.25, -0.2) is 4.63 Å². The molecule has 0 bridgehead atoms. The zero-order chi connectivity index (χ0) is 18.7. The van der Waals surface area contributed by atoms with Crippen LogP contribution in [0.3, 0.4) is 0 Å². The second kappa shape index (κ2) is 7.44. The fourth-order valence-corrected chi connectivity index (χ4v) is 2.92. The van der Waals surface area contributed by atoms with E-state index in [-0.39, 0.29) is 17.2 Å². The first-order chi connectivity index (χ1) is 12.5. The van der Waals surface area contributed by atoms with Gasteiger partial charge in [-0.1, -0.05) is 16.8 Å². The number of hydrogen-bond acceptors (Lipinski definition) is 9. The normalized spacial score (nSPS) is 15.2. The molecule has 26 heavy (non-hydrogen) atoms. The van der Waals surface area contributed by atoms with E-state index in [9.17, 15) is 10.1 Å². The van der Waals surface area contributed by atoms with E-state index in [2.05, 4.69) is 20.1 Å². The van der Waals surface area contributed by atoms with Gasteiger partial charge < -0.3 is 20.4 Å². The van der Waals surface area contributed by atoms with Crippen LogP contribution in [0.4, 0.5) is 17.2 Å². The third kappa shape index (κ3) is 3.47. The first-order valence-electron chi connectivity index (χ1n) is 7.64. The van der Waals surface area contributed by atoms with E-state index in [1.807, 2.05) is 9.80 Å². The molecule has 0 spiro atoms. The van der Waals surface area contributed by atoms with Gasteiger partial charge in [0.05, 0.1) is 4.92 Å². The average Bonchev–Trinajstić information content (AvgIpc) is 3.05. The minimum absolute atomic E-state index is 0.0262. The number of amidine groups is 1. The molecule has 1 fully saturated rings. The van der Waals surface area contributed by atoms with Gasteiger partial charge in [0, 0.05) is 37.3 Å². The molecule has 11 nitrogen and oxygen atoms in total. The van der Waals surface area contributed by atoms with Crippen LogP contribution >= 0.6 is 11.6 Å². The molecule has 0 saturated carbocycles. The minimum Gasteiger partial charge on any atom is -0.397 e. The molecular weight excluding hydrogens is 366 g/mol. The van der Waals surface area contributed by atoms with Crippen molar-refractivity contribution in [3.8, 4) is 0 Å². The van der Waals surface area contributed by atoms with E-state index in [1.165, 1.54) is 13.2 Å². The second-order valence-corrected chi connectivity index (χ2v) is 5.90. The number of nitro groups is 1. The van der Waals surface area contributed by atoms with Gasteiger partial charge in [-0.15, -0.1) is 0 Å². The number of benzene rings is 1. The first-order valence-corrected chi connectivity index (χ1v) is 8.02. The Hall–Kier alpha value is -3.08. The van der Waals surface area contributed by atoms with Gasteiger partial charge in [0.25, 0.3) is 5.69 Å². The van der Waals surface area contributed by atoms with E-state index < -0.39 is 4.92 Å². The van der Waals surface area contributed by atoms with Crippen molar-refractivity contribution >= 4 is 34.6 Å². The molecule has 0 unspecified atom stereocenters. The number of nitrogens with zero attached hydrogens (tertiary/aromatic N) is 6. The van der Waals surface area contributed by atoms with Crippen molar-refractivity contribution in [2.24, 2.45) is 5.16 Å². The summed E-state index contributed by atoms with van der Waals surface area (Å²) in [6.07, 6.45) is 0. The van der Waals surface area contributed by atoms with Crippen LogP contribution < -0.4 is 10.6 Å². The SMILES string of the molecule is CO/N=C(\c1nonc1N)N1CCN(c2ccc(Cl)cc2[N+](=O)[O-])CC1. The number of aromatic nitrogens is 2. The molecule has 2 N–H and O–H groups in total. The quantitative estimate of drug-likeness (QED) is 0.360. The minimum atomic E-state index is -0.437. The van der Waals surface area contributed by atoms with Gasteiger partial charge in [0.1, 0.15) is 12.8 Å². The number of halogens is 1. The summed E-state index contributed by atoms with van der Waals surface area (Å²) in [6.45, 7) is 2.09. The molecule has 0 radical (unpaired) electrons. The predicted molar refractivity (Wildman–Crippen MR) is 94.1 cm³/mol. The summed E-state index contributed by atoms with van der Waals surface area (Å²) in [6, 6.07) is 4.64. The fraction of sp³-hybridized carbons (Fsp3) is 0.357. The number of piperazine rings is 1. The summed E-state index contributed by atoms with van der Waals surface area (Å²) in [5.41, 5.74) is 6.52. The highest BCUT2D eigenvalue weighted by Gasteiger charge is 2.28. The summed E-state index contributed by atoms with van der Waals surface area (Å²) in [5.74, 6) is 0.507. The van der Waals surface area contributed by atoms with Gasteiger partial charge in [0.2, 0.25) is 5.84 Å². The van der Waals surface area contributed by atoms with Crippen molar-refractivity contribution in [2.75, 3.05) is 43.9 Å². The van der Waals surface area contributed by atoms with Gasteiger partial charge >= 0.3 is 0 Å². The van der Waals surface area contributed by atoms with Crippen molar-refractivity contribution in [3.63, 3.8) is 0 Å². The molecule has 0 atom stereocenters. The van der Waals surface area contributed by atoms with Crippen molar-refractivity contribution in [1.82, 2.24) is 15.2 Å². The molecular formula is C14H16ClN7O4. The maximum Gasteiger partial charge on any atom is 0.294 e. The van der Waals surface area contributed by atoms with Crippen molar-refractivity contribution < 1.29 is 14.4 Å². The summed E-state index contributed by atoms with van der Waals surface area (Å²) in [4.78, 5) is 19.6. The zero-order valence-electron chi connectivity index (χ0n) is 13.8. The monoisotopic (exact) mass is 381 g/mol. The third-order valence-corrected chi connectivity index (χ3v) is 4.19. The molecule has 1 saturated heterocycles. The maximum absolute atomic E-state index is 11.3. The van der Waals surface area contributed by atoms with Gasteiger partial charge in [-0.3, -0.25) is 10.1 Å². The lowest BCUT2D eigenvalue weighted by molar-refractivity contribution is -0.384. The standard InChI is InChI=1S/C14H16ClN7O4/c1-25-19-14(12-13(16)18-26-17-12)21-6-4-20(5-7-21)10-3-2-9(15)8-11(10)22(23)24/h2-3,8H,4-7H2,1H3,(H2,16,18)/b19-14+. The Morgan fingerprint density at radius 2 is 2.12 bits per heavy atom. The van der Waals surface area contributed by atoms with Gasteiger partial charge in [-0.05, 0) is 22.4 Å². The van der Waals surface area contributed by atoms with Gasteiger partial charge in [0.15, 0.2) is 11.5 Å². The first kappa shape index (κ1) is 17.7. The molecule has 1 aromatic heterocycles. The van der Waals surface area contributed by atoms with E-state index in [4.69, 9.17) is 22.2 Å². The Morgan fingerprint density at radius 1 is 1.38 bits per heavy atom. The molecule has 2 aromatic rings. The Labute approximate surface area is 153 Å². The van der Waals surface area contributed by atoms with E-state index in [1.54, 1.807) is 12.1 Å². The van der Waals surface area contributed by atoms with Crippen molar-refractivity contribution in [2.45, 2.75) is 0 Å². The van der Waals surface area contributed by atoms with Crippen molar-refractivity contribution in [1.29, 1.82) is 0 Å². The highest BCUT2D eigenvalue weighted by atomic mass is 35.5. The number of oxime groups is 1. The van der Waals surface area contributed by atoms with Crippen molar-refractivity contribution in [3.05, 3.63) is 39.0 Å². The fourth-order valence-electron chi connectivity index (χ4n) is 2.76. The maximum atomic E-state index is 11.3. The third-order valence-electron chi connectivity index (χ3n) is 3.96. The molecule has 1 aliphatic heterocycles. The molecule has 3 rings (SSSR count). The van der Waals surface area contributed by atoms with E-state index >= 15 is 0 Å². The number of anilines is 2. The summed E-state index contributed by atoms with van der Waals surface area (Å²) < 4.78 is 4.62. The smallest absolute Gasteiger partial charge is 0.294 e. The second-order valence-electron chi connectivity index (χ2n) is 5.46. The average molecular weight is 382 g/mol. The highest BCUT2D eigenvalue weighted by Crippen LogP contribution is 2.31. The summed E-state index contributed by atoms with van der Waals surface area (Å²) in [5, 5.41) is 22.9. The lowest BCUT2D eigenvalue weighted by Gasteiger charge is -2.36. The van der Waals surface area contributed by atoms with Gasteiger partial charge in [-0.2, -0.15) is 0 Å².